The van der Waals surface area contributed by atoms with Gasteiger partial charge < -0.3 is 4.90 Å². The molecule has 2 aromatic carbocycles. The van der Waals surface area contributed by atoms with Crippen molar-refractivity contribution >= 4 is 11.6 Å². The summed E-state index contributed by atoms with van der Waals surface area (Å²) >= 11 is 0. The lowest BCUT2D eigenvalue weighted by atomic mass is 9.99. The van der Waals surface area contributed by atoms with Crippen molar-refractivity contribution in [1.82, 2.24) is 0 Å². The first-order valence-electron chi connectivity index (χ1n) is 8.03. The third-order valence-electron chi connectivity index (χ3n) is 4.50. The number of nitrogens with zero attached hydrogens (tertiary/aromatic N) is 2. The number of carbonyl (C=O) groups excluding carboxylic acids is 1. The molecule has 0 unspecified atom stereocenters. The monoisotopic (exact) mass is 304 g/mol. The molecule has 0 aliphatic carbocycles. The summed E-state index contributed by atoms with van der Waals surface area (Å²) in [4.78, 5) is 15.0. The zero-order chi connectivity index (χ0) is 16.4. The molecule has 116 valence electrons. The van der Waals surface area contributed by atoms with Gasteiger partial charge in [-0.05, 0) is 68.0 Å². The van der Waals surface area contributed by atoms with E-state index in [9.17, 15) is 10.1 Å². The van der Waals surface area contributed by atoms with Gasteiger partial charge in [-0.15, -0.1) is 0 Å². The van der Waals surface area contributed by atoms with Crippen molar-refractivity contribution in [2.45, 2.75) is 33.1 Å². The number of anilines is 1. The molecule has 1 aliphatic heterocycles. The predicted molar refractivity (Wildman–Crippen MR) is 91.7 cm³/mol. The number of benzene rings is 2. The number of hydrogen-bond donors (Lipinski definition) is 0. The van der Waals surface area contributed by atoms with Gasteiger partial charge in [0.15, 0.2) is 0 Å². The smallest absolute Gasteiger partial charge is 0.258 e. The first-order valence-corrected chi connectivity index (χ1v) is 8.03. The van der Waals surface area contributed by atoms with Gasteiger partial charge in [0.05, 0.1) is 11.6 Å². The van der Waals surface area contributed by atoms with Crippen molar-refractivity contribution < 1.29 is 4.79 Å². The van der Waals surface area contributed by atoms with E-state index in [1.807, 2.05) is 49.1 Å². The lowest BCUT2D eigenvalue weighted by Crippen LogP contribution is -2.31. The van der Waals surface area contributed by atoms with Crippen LogP contribution in [0.4, 0.5) is 5.69 Å². The van der Waals surface area contributed by atoms with Crippen molar-refractivity contribution in [3.05, 3.63) is 64.2 Å². The maximum absolute atomic E-state index is 13.1. The molecule has 0 spiro atoms. The summed E-state index contributed by atoms with van der Waals surface area (Å²) in [5.41, 5.74) is 5.31. The van der Waals surface area contributed by atoms with Gasteiger partial charge >= 0.3 is 0 Å². The second kappa shape index (κ2) is 6.26. The molecule has 3 nitrogen and oxygen atoms in total. The number of carbonyl (C=O) groups is 1. The molecule has 3 rings (SSSR count). The maximum atomic E-state index is 13.1. The summed E-state index contributed by atoms with van der Waals surface area (Å²) in [6.07, 6.45) is 3.13. The van der Waals surface area contributed by atoms with Crippen molar-refractivity contribution in [2.24, 2.45) is 0 Å². The Kier molecular flexibility index (Phi) is 4.16. The molecule has 3 heteroatoms. The molecule has 0 N–H and O–H groups in total. The van der Waals surface area contributed by atoms with Crippen molar-refractivity contribution in [3.8, 4) is 6.07 Å². The zero-order valence-corrected chi connectivity index (χ0v) is 13.6. The van der Waals surface area contributed by atoms with E-state index < -0.39 is 0 Å². The van der Waals surface area contributed by atoms with Crippen LogP contribution in [0.3, 0.4) is 0 Å². The third-order valence-corrected chi connectivity index (χ3v) is 4.50. The van der Waals surface area contributed by atoms with Crippen LogP contribution in [-0.4, -0.2) is 12.5 Å². The Morgan fingerprint density at radius 2 is 1.83 bits per heavy atom. The molecule has 23 heavy (non-hydrogen) atoms. The summed E-state index contributed by atoms with van der Waals surface area (Å²) in [5.74, 6) is 0.0232. The third kappa shape index (κ3) is 2.85. The van der Waals surface area contributed by atoms with E-state index in [-0.39, 0.29) is 5.91 Å². The Morgan fingerprint density at radius 3 is 2.52 bits per heavy atom. The Labute approximate surface area is 137 Å². The largest absolute Gasteiger partial charge is 0.308 e. The van der Waals surface area contributed by atoms with Crippen LogP contribution < -0.4 is 4.90 Å². The van der Waals surface area contributed by atoms with Gasteiger partial charge in [0.2, 0.25) is 0 Å². The van der Waals surface area contributed by atoms with Gasteiger partial charge in [0.25, 0.3) is 5.91 Å². The van der Waals surface area contributed by atoms with Crippen LogP contribution in [0, 0.1) is 25.2 Å². The maximum Gasteiger partial charge on any atom is 0.258 e. The van der Waals surface area contributed by atoms with Crippen LogP contribution in [-0.2, 0) is 6.42 Å². The molecule has 2 aromatic rings. The average molecular weight is 304 g/mol. The topological polar surface area (TPSA) is 44.1 Å². The lowest BCUT2D eigenvalue weighted by molar-refractivity contribution is 0.0987. The SMILES string of the molecule is Cc1cc(C(=O)N2CCCCc3ccccc32)cc(C)c1C#N. The van der Waals surface area contributed by atoms with Crippen molar-refractivity contribution in [1.29, 1.82) is 5.26 Å². The quantitative estimate of drug-likeness (QED) is 0.794. The van der Waals surface area contributed by atoms with E-state index in [4.69, 9.17) is 0 Å². The normalized spacial score (nSPS) is 13.9. The van der Waals surface area contributed by atoms with E-state index in [1.165, 1.54) is 5.56 Å². The molecule has 0 bridgehead atoms. The zero-order valence-electron chi connectivity index (χ0n) is 13.6. The molecule has 0 aromatic heterocycles. The average Bonchev–Trinajstić information content (AvgIpc) is 2.76. The van der Waals surface area contributed by atoms with E-state index in [1.54, 1.807) is 0 Å². The van der Waals surface area contributed by atoms with Gasteiger partial charge in [-0.25, -0.2) is 0 Å². The summed E-state index contributed by atoms with van der Waals surface area (Å²) < 4.78 is 0. The number of amides is 1. The van der Waals surface area contributed by atoms with Crippen molar-refractivity contribution in [3.63, 3.8) is 0 Å². The highest BCUT2D eigenvalue weighted by Gasteiger charge is 2.23. The van der Waals surface area contributed by atoms with Crippen LogP contribution in [0.15, 0.2) is 36.4 Å². The Bertz CT molecular complexity index is 779. The Balaban J connectivity index is 2.03. The minimum atomic E-state index is 0.0232. The van der Waals surface area contributed by atoms with Crippen LogP contribution in [0.25, 0.3) is 0 Å². The predicted octanol–water partition coefficient (Wildman–Crippen LogP) is 4.16. The minimum Gasteiger partial charge on any atom is -0.308 e. The fourth-order valence-electron chi connectivity index (χ4n) is 3.32. The Hall–Kier alpha value is -2.60. The molecule has 0 saturated heterocycles. The van der Waals surface area contributed by atoms with Crippen LogP contribution >= 0.6 is 0 Å². The van der Waals surface area contributed by atoms with Crippen molar-refractivity contribution in [2.75, 3.05) is 11.4 Å². The lowest BCUT2D eigenvalue weighted by Gasteiger charge is -2.23. The summed E-state index contributed by atoms with van der Waals surface area (Å²) in [6, 6.07) is 14.0. The summed E-state index contributed by atoms with van der Waals surface area (Å²) in [6.45, 7) is 4.52. The number of para-hydroxylation sites is 1. The van der Waals surface area contributed by atoms with Gasteiger partial charge in [0, 0.05) is 17.8 Å². The molecule has 1 amide bonds. The fourth-order valence-corrected chi connectivity index (χ4v) is 3.32. The number of rotatable bonds is 1. The molecule has 0 fully saturated rings. The molecule has 0 saturated carbocycles. The Morgan fingerprint density at radius 1 is 1.13 bits per heavy atom. The first-order chi connectivity index (χ1) is 11.1. The highest BCUT2D eigenvalue weighted by Crippen LogP contribution is 2.28. The fraction of sp³-hybridized carbons (Fsp3) is 0.300. The minimum absolute atomic E-state index is 0.0232. The van der Waals surface area contributed by atoms with Crippen LogP contribution in [0.2, 0.25) is 0 Å². The first kappa shape index (κ1) is 15.3. The van der Waals surface area contributed by atoms with E-state index in [2.05, 4.69) is 12.1 Å². The van der Waals surface area contributed by atoms with Gasteiger partial charge in [-0.2, -0.15) is 5.26 Å². The standard InChI is InChI=1S/C20H20N2O/c1-14-11-17(12-15(2)18(14)13-21)20(23)22-10-6-5-8-16-7-3-4-9-19(16)22/h3-4,7,9,11-12H,5-6,8,10H2,1-2H3. The van der Waals surface area contributed by atoms with E-state index >= 15 is 0 Å². The second-order valence-electron chi connectivity index (χ2n) is 6.14. The molecular weight excluding hydrogens is 284 g/mol. The number of nitriles is 1. The highest BCUT2D eigenvalue weighted by atomic mass is 16.2. The van der Waals surface area contributed by atoms with E-state index in [0.717, 1.165) is 42.6 Å². The molecule has 1 aliphatic rings. The van der Waals surface area contributed by atoms with Crippen LogP contribution in [0.5, 0.6) is 0 Å². The number of fused-ring (bicyclic) bond motifs is 1. The number of hydrogen-bond acceptors (Lipinski definition) is 2. The summed E-state index contributed by atoms with van der Waals surface area (Å²) in [5, 5.41) is 9.20. The van der Waals surface area contributed by atoms with Gasteiger partial charge in [-0.3, -0.25) is 4.79 Å². The molecular formula is C20H20N2O. The number of aryl methyl sites for hydroxylation is 3. The molecule has 1 heterocycles. The van der Waals surface area contributed by atoms with E-state index in [0.29, 0.717) is 11.1 Å². The molecule has 0 atom stereocenters. The second-order valence-corrected chi connectivity index (χ2v) is 6.14. The van der Waals surface area contributed by atoms with Gasteiger partial charge in [0.1, 0.15) is 0 Å². The van der Waals surface area contributed by atoms with Gasteiger partial charge in [-0.1, -0.05) is 18.2 Å². The molecule has 0 radical (unpaired) electrons. The highest BCUT2D eigenvalue weighted by molar-refractivity contribution is 6.07. The summed E-state index contributed by atoms with van der Waals surface area (Å²) in [7, 11) is 0. The van der Waals surface area contributed by atoms with Crippen LogP contribution in [0.1, 0.15) is 45.5 Å².